The zero-order chi connectivity index (χ0) is 17.1. The summed E-state index contributed by atoms with van der Waals surface area (Å²) in [5, 5.41) is 6.19. The number of fused-ring (bicyclic) bond motifs is 1. The molecule has 0 saturated carbocycles. The summed E-state index contributed by atoms with van der Waals surface area (Å²) in [6.45, 7) is 0.607. The number of carbonyl (C=O) groups excluding carboxylic acids is 1. The van der Waals surface area contributed by atoms with Crippen molar-refractivity contribution < 1.29 is 9.53 Å². The number of aromatic amines is 1. The summed E-state index contributed by atoms with van der Waals surface area (Å²) in [6.07, 6.45) is 2.22. The van der Waals surface area contributed by atoms with E-state index in [1.54, 1.807) is 6.33 Å². The fourth-order valence-corrected chi connectivity index (χ4v) is 2.85. The lowest BCUT2D eigenvalue weighted by atomic mass is 10.0. The highest BCUT2D eigenvalue weighted by Crippen LogP contribution is 2.29. The van der Waals surface area contributed by atoms with Crippen LogP contribution in [-0.2, 0) is 17.8 Å². The van der Waals surface area contributed by atoms with Gasteiger partial charge in [-0.15, -0.1) is 0 Å². The van der Waals surface area contributed by atoms with E-state index in [-0.39, 0.29) is 11.9 Å². The van der Waals surface area contributed by atoms with Gasteiger partial charge in [0, 0.05) is 13.0 Å². The maximum atomic E-state index is 12.6. The van der Waals surface area contributed by atoms with E-state index in [0.29, 0.717) is 24.4 Å². The van der Waals surface area contributed by atoms with Gasteiger partial charge in [-0.1, -0.05) is 30.3 Å². The Morgan fingerprint density at radius 3 is 2.80 bits per heavy atom. The monoisotopic (exact) mass is 334 g/mol. The number of ether oxygens (including phenoxy) is 1. The highest BCUT2D eigenvalue weighted by atomic mass is 16.5. The van der Waals surface area contributed by atoms with Gasteiger partial charge in [0.15, 0.2) is 5.75 Å². The van der Waals surface area contributed by atoms with Gasteiger partial charge in [-0.05, 0) is 24.3 Å². The lowest BCUT2D eigenvalue weighted by Crippen LogP contribution is -2.44. The molecule has 0 saturated heterocycles. The smallest absolute Gasteiger partial charge is 0.242 e. The number of imidazole rings is 1. The van der Waals surface area contributed by atoms with Crippen molar-refractivity contribution in [2.45, 2.75) is 19.0 Å². The molecule has 0 spiro atoms. The number of carbonyl (C=O) groups is 1. The molecule has 2 aromatic carbocycles. The van der Waals surface area contributed by atoms with Crippen LogP contribution in [0.2, 0.25) is 0 Å². The van der Waals surface area contributed by atoms with Gasteiger partial charge in [-0.3, -0.25) is 10.1 Å². The molecular weight excluding hydrogens is 316 g/mol. The Labute approximate surface area is 145 Å². The van der Waals surface area contributed by atoms with Gasteiger partial charge in [0.2, 0.25) is 5.91 Å². The fourth-order valence-electron chi connectivity index (χ4n) is 2.85. The fraction of sp³-hybridized carbons (Fsp3) is 0.158. The van der Waals surface area contributed by atoms with Crippen LogP contribution in [0.25, 0.3) is 0 Å². The van der Waals surface area contributed by atoms with Crippen LogP contribution in [0.1, 0.15) is 11.4 Å². The normalized spacial score (nSPS) is 16.1. The third kappa shape index (κ3) is 3.39. The number of para-hydroxylation sites is 3. The zero-order valence-corrected chi connectivity index (χ0v) is 13.5. The van der Waals surface area contributed by atoms with E-state index in [2.05, 4.69) is 20.6 Å². The number of hydrogen-bond donors (Lipinski definition) is 3. The largest absolute Gasteiger partial charge is 0.455 e. The molecule has 2 heterocycles. The Morgan fingerprint density at radius 1 is 1.12 bits per heavy atom. The van der Waals surface area contributed by atoms with Crippen LogP contribution in [-0.4, -0.2) is 21.9 Å². The lowest BCUT2D eigenvalue weighted by Gasteiger charge is -2.22. The molecule has 1 amide bonds. The van der Waals surface area contributed by atoms with Crippen LogP contribution in [0.5, 0.6) is 11.5 Å². The highest BCUT2D eigenvalue weighted by molar-refractivity contribution is 5.96. The molecule has 6 nitrogen and oxygen atoms in total. The number of anilines is 1. The van der Waals surface area contributed by atoms with Crippen molar-refractivity contribution in [2.75, 3.05) is 5.32 Å². The molecule has 0 radical (unpaired) electrons. The minimum absolute atomic E-state index is 0.0993. The number of aromatic nitrogens is 2. The molecule has 3 N–H and O–H groups in total. The number of amides is 1. The molecule has 1 aliphatic rings. The average molecular weight is 334 g/mol. The van der Waals surface area contributed by atoms with Crippen LogP contribution in [0, 0.1) is 0 Å². The van der Waals surface area contributed by atoms with Crippen LogP contribution in [0.3, 0.4) is 0 Å². The maximum absolute atomic E-state index is 12.6. The third-order valence-corrected chi connectivity index (χ3v) is 4.16. The first-order chi connectivity index (χ1) is 12.3. The number of H-pyrrole nitrogens is 1. The van der Waals surface area contributed by atoms with Gasteiger partial charge in [-0.2, -0.15) is 0 Å². The van der Waals surface area contributed by atoms with Crippen LogP contribution in [0.15, 0.2) is 60.9 Å². The first-order valence-electron chi connectivity index (χ1n) is 8.17. The second kappa shape index (κ2) is 6.78. The maximum Gasteiger partial charge on any atom is 0.242 e. The highest BCUT2D eigenvalue weighted by Gasteiger charge is 2.26. The second-order valence-electron chi connectivity index (χ2n) is 5.87. The minimum atomic E-state index is -0.319. The Kier molecular flexibility index (Phi) is 4.18. The molecule has 1 aliphatic heterocycles. The Bertz CT molecular complexity index is 876. The molecule has 25 heavy (non-hydrogen) atoms. The van der Waals surface area contributed by atoms with Crippen molar-refractivity contribution in [3.8, 4) is 11.5 Å². The summed E-state index contributed by atoms with van der Waals surface area (Å²) in [5.74, 6) is 1.23. The Hall–Kier alpha value is -3.12. The van der Waals surface area contributed by atoms with Gasteiger partial charge < -0.3 is 15.0 Å². The molecule has 3 aromatic rings. The van der Waals surface area contributed by atoms with E-state index in [9.17, 15) is 4.79 Å². The summed E-state index contributed by atoms with van der Waals surface area (Å²) < 4.78 is 5.89. The standard InChI is InChI=1S/C19H18N4O2/c24-19(16-10-15-17(11-20-16)22-12-21-15)23-14-8-4-5-9-18(14)25-13-6-2-1-3-7-13/h1-9,12,16,20H,10-11H2,(H,21,22)(H,23,24). The van der Waals surface area contributed by atoms with Gasteiger partial charge in [0.25, 0.3) is 0 Å². The van der Waals surface area contributed by atoms with Gasteiger partial charge in [-0.25, -0.2) is 4.98 Å². The molecule has 6 heteroatoms. The van der Waals surface area contributed by atoms with E-state index < -0.39 is 0 Å². The van der Waals surface area contributed by atoms with Gasteiger partial charge in [0.05, 0.1) is 29.4 Å². The number of rotatable bonds is 4. The number of hydrogen-bond acceptors (Lipinski definition) is 4. The quantitative estimate of drug-likeness (QED) is 0.685. The summed E-state index contributed by atoms with van der Waals surface area (Å²) in [5.41, 5.74) is 2.62. The van der Waals surface area contributed by atoms with Crippen molar-refractivity contribution in [1.29, 1.82) is 0 Å². The van der Waals surface area contributed by atoms with Crippen LogP contribution >= 0.6 is 0 Å². The van der Waals surface area contributed by atoms with Crippen molar-refractivity contribution >= 4 is 11.6 Å². The van der Waals surface area contributed by atoms with E-state index in [1.165, 1.54) is 0 Å². The summed E-state index contributed by atoms with van der Waals surface area (Å²) in [4.78, 5) is 20.0. The van der Waals surface area contributed by atoms with Crippen molar-refractivity contribution in [1.82, 2.24) is 15.3 Å². The van der Waals surface area contributed by atoms with Crippen molar-refractivity contribution in [3.05, 3.63) is 72.3 Å². The number of nitrogens with zero attached hydrogens (tertiary/aromatic N) is 1. The lowest BCUT2D eigenvalue weighted by molar-refractivity contribution is -0.118. The summed E-state index contributed by atoms with van der Waals surface area (Å²) in [6, 6.07) is 16.6. The van der Waals surface area contributed by atoms with E-state index in [1.807, 2.05) is 54.6 Å². The first-order valence-corrected chi connectivity index (χ1v) is 8.17. The van der Waals surface area contributed by atoms with Crippen LogP contribution < -0.4 is 15.4 Å². The molecule has 0 fully saturated rings. The minimum Gasteiger partial charge on any atom is -0.455 e. The Balaban J connectivity index is 1.48. The third-order valence-electron chi connectivity index (χ3n) is 4.16. The molecule has 0 bridgehead atoms. The molecule has 0 aliphatic carbocycles. The molecule has 126 valence electrons. The van der Waals surface area contributed by atoms with E-state index in [0.717, 1.165) is 17.1 Å². The van der Waals surface area contributed by atoms with Crippen molar-refractivity contribution in [3.63, 3.8) is 0 Å². The van der Waals surface area contributed by atoms with Crippen molar-refractivity contribution in [2.24, 2.45) is 0 Å². The van der Waals surface area contributed by atoms with E-state index in [4.69, 9.17) is 4.74 Å². The van der Waals surface area contributed by atoms with Crippen LogP contribution in [0.4, 0.5) is 5.69 Å². The number of nitrogens with one attached hydrogen (secondary N) is 3. The average Bonchev–Trinajstić information content (AvgIpc) is 3.12. The number of benzene rings is 2. The topological polar surface area (TPSA) is 79.0 Å². The Morgan fingerprint density at radius 2 is 1.92 bits per heavy atom. The summed E-state index contributed by atoms with van der Waals surface area (Å²) >= 11 is 0. The molecule has 4 rings (SSSR count). The van der Waals surface area contributed by atoms with Gasteiger partial charge >= 0.3 is 0 Å². The predicted molar refractivity (Wildman–Crippen MR) is 94.5 cm³/mol. The summed E-state index contributed by atoms with van der Waals surface area (Å²) in [7, 11) is 0. The zero-order valence-electron chi connectivity index (χ0n) is 13.5. The molecule has 1 aromatic heterocycles. The first kappa shape index (κ1) is 15.4. The predicted octanol–water partition coefficient (Wildman–Crippen LogP) is 2.85. The SMILES string of the molecule is O=C(Nc1ccccc1Oc1ccccc1)C1Cc2nc[nH]c2CN1. The molecule has 1 unspecified atom stereocenters. The van der Waals surface area contributed by atoms with E-state index >= 15 is 0 Å². The van der Waals surface area contributed by atoms with Gasteiger partial charge in [0.1, 0.15) is 5.75 Å². The second-order valence-corrected chi connectivity index (χ2v) is 5.87. The molecular formula is C19H18N4O2. The molecule has 1 atom stereocenters.